The van der Waals surface area contributed by atoms with Crippen molar-refractivity contribution in [3.05, 3.63) is 35.6 Å². The van der Waals surface area contributed by atoms with Gasteiger partial charge in [0.25, 0.3) is 0 Å². The van der Waals surface area contributed by atoms with Crippen LogP contribution in [0.1, 0.15) is 12.5 Å². The number of hydrogen-bond donors (Lipinski definition) is 2. The van der Waals surface area contributed by atoms with Crippen molar-refractivity contribution in [1.29, 1.82) is 0 Å². The highest BCUT2D eigenvalue weighted by atomic mass is 19.1. The third-order valence-corrected chi connectivity index (χ3v) is 3.43. The highest BCUT2D eigenvalue weighted by molar-refractivity contribution is 5.66. The number of carboxylic acid groups (broad SMARTS) is 1. The summed E-state index contributed by atoms with van der Waals surface area (Å²) in [5.41, 5.74) is -0.0540. The lowest BCUT2D eigenvalue weighted by Crippen LogP contribution is -2.62. The number of benzene rings is 1. The van der Waals surface area contributed by atoms with E-state index in [1.165, 1.54) is 11.0 Å². The zero-order valence-corrected chi connectivity index (χ0v) is 10.3. The summed E-state index contributed by atoms with van der Waals surface area (Å²) in [7, 11) is 0. The number of rotatable bonds is 2. The van der Waals surface area contributed by atoms with Gasteiger partial charge in [0.2, 0.25) is 0 Å². The minimum Gasteiger partial charge on any atom is -0.465 e. The number of hydrogen-bond acceptors (Lipinski definition) is 2. The molecule has 1 fully saturated rings. The Morgan fingerprint density at radius 2 is 2.28 bits per heavy atom. The average Bonchev–Trinajstić information content (AvgIpc) is 2.32. The molecule has 1 saturated heterocycles. The van der Waals surface area contributed by atoms with Crippen LogP contribution in [0.2, 0.25) is 0 Å². The second kappa shape index (κ2) is 4.94. The van der Waals surface area contributed by atoms with E-state index in [2.05, 4.69) is 5.32 Å². The second-order valence-corrected chi connectivity index (χ2v) is 4.88. The Labute approximate surface area is 105 Å². The third kappa shape index (κ3) is 2.46. The first-order valence-electron chi connectivity index (χ1n) is 5.98. The van der Waals surface area contributed by atoms with E-state index in [-0.39, 0.29) is 5.82 Å². The van der Waals surface area contributed by atoms with Crippen LogP contribution in [-0.2, 0) is 6.42 Å². The first-order chi connectivity index (χ1) is 8.53. The molecular formula is C13H17FN2O2. The minimum absolute atomic E-state index is 0.283. The van der Waals surface area contributed by atoms with Crippen LogP contribution in [0.5, 0.6) is 0 Å². The molecule has 1 aromatic carbocycles. The summed E-state index contributed by atoms with van der Waals surface area (Å²) in [6.45, 7) is 3.45. The summed E-state index contributed by atoms with van der Waals surface area (Å²) < 4.78 is 13.7. The molecular weight excluding hydrogens is 235 g/mol. The number of carbonyl (C=O) groups is 1. The lowest BCUT2D eigenvalue weighted by molar-refractivity contribution is 0.0663. The van der Waals surface area contributed by atoms with Gasteiger partial charge in [-0.3, -0.25) is 0 Å². The van der Waals surface area contributed by atoms with Crippen LogP contribution in [0.3, 0.4) is 0 Å². The summed E-state index contributed by atoms with van der Waals surface area (Å²) in [5.74, 6) is -0.283. The molecule has 0 saturated carbocycles. The van der Waals surface area contributed by atoms with E-state index in [4.69, 9.17) is 0 Å². The Hall–Kier alpha value is -1.62. The van der Waals surface area contributed by atoms with Crippen molar-refractivity contribution in [1.82, 2.24) is 10.2 Å². The van der Waals surface area contributed by atoms with Gasteiger partial charge in [-0.25, -0.2) is 9.18 Å². The zero-order chi connectivity index (χ0) is 13.2. The minimum atomic E-state index is -0.949. The average molecular weight is 252 g/mol. The van der Waals surface area contributed by atoms with Crippen molar-refractivity contribution >= 4 is 6.09 Å². The summed E-state index contributed by atoms with van der Waals surface area (Å²) in [6, 6.07) is 6.51. The Balaban J connectivity index is 2.24. The molecule has 1 amide bonds. The molecule has 2 rings (SSSR count). The normalized spacial score (nSPS) is 24.0. The monoisotopic (exact) mass is 252 g/mol. The second-order valence-electron chi connectivity index (χ2n) is 4.88. The molecule has 0 bridgehead atoms. The fourth-order valence-electron chi connectivity index (χ4n) is 2.45. The van der Waals surface area contributed by atoms with Crippen LogP contribution in [0.4, 0.5) is 9.18 Å². The topological polar surface area (TPSA) is 52.6 Å². The van der Waals surface area contributed by atoms with E-state index in [1.807, 2.05) is 6.92 Å². The molecule has 0 radical (unpaired) electrons. The van der Waals surface area contributed by atoms with Crippen LogP contribution in [0.25, 0.3) is 0 Å². The number of nitrogens with zero attached hydrogens (tertiary/aromatic N) is 1. The maximum absolute atomic E-state index is 13.7. The van der Waals surface area contributed by atoms with Gasteiger partial charge in [-0.1, -0.05) is 18.2 Å². The highest BCUT2D eigenvalue weighted by Crippen LogP contribution is 2.24. The van der Waals surface area contributed by atoms with Crippen LogP contribution in [-0.4, -0.2) is 41.3 Å². The third-order valence-electron chi connectivity index (χ3n) is 3.43. The summed E-state index contributed by atoms with van der Waals surface area (Å²) in [6.07, 6.45) is -0.575. The SMILES string of the molecule is C[C@@]1(Cc2ccccc2F)CNCCN1C(=O)O. The van der Waals surface area contributed by atoms with Gasteiger partial charge in [-0.2, -0.15) is 0 Å². The first kappa shape index (κ1) is 12.8. The molecule has 5 heteroatoms. The lowest BCUT2D eigenvalue weighted by Gasteiger charge is -2.43. The Morgan fingerprint density at radius 3 is 2.94 bits per heavy atom. The van der Waals surface area contributed by atoms with Gasteiger partial charge in [0.15, 0.2) is 0 Å². The largest absolute Gasteiger partial charge is 0.465 e. The van der Waals surface area contributed by atoms with Crippen molar-refractivity contribution in [2.75, 3.05) is 19.6 Å². The molecule has 1 aliphatic heterocycles. The van der Waals surface area contributed by atoms with Crippen molar-refractivity contribution in [2.24, 2.45) is 0 Å². The molecule has 0 spiro atoms. The van der Waals surface area contributed by atoms with Gasteiger partial charge in [-0.15, -0.1) is 0 Å². The Kier molecular flexibility index (Phi) is 3.52. The van der Waals surface area contributed by atoms with Crippen LogP contribution >= 0.6 is 0 Å². The molecule has 18 heavy (non-hydrogen) atoms. The summed E-state index contributed by atoms with van der Waals surface area (Å²) in [5, 5.41) is 12.4. The maximum atomic E-state index is 13.7. The molecule has 1 heterocycles. The van der Waals surface area contributed by atoms with E-state index in [9.17, 15) is 14.3 Å². The molecule has 0 unspecified atom stereocenters. The maximum Gasteiger partial charge on any atom is 0.407 e. The molecule has 2 N–H and O–H groups in total. The van der Waals surface area contributed by atoms with E-state index in [0.29, 0.717) is 31.6 Å². The van der Waals surface area contributed by atoms with Crippen molar-refractivity contribution in [3.63, 3.8) is 0 Å². The molecule has 98 valence electrons. The van der Waals surface area contributed by atoms with E-state index in [0.717, 1.165) is 0 Å². The number of amides is 1. The van der Waals surface area contributed by atoms with Crippen LogP contribution < -0.4 is 5.32 Å². The molecule has 1 aromatic rings. The molecule has 1 aliphatic rings. The van der Waals surface area contributed by atoms with Gasteiger partial charge in [0.1, 0.15) is 5.82 Å². The molecule has 4 nitrogen and oxygen atoms in total. The lowest BCUT2D eigenvalue weighted by atomic mass is 9.89. The van der Waals surface area contributed by atoms with E-state index >= 15 is 0 Å². The summed E-state index contributed by atoms with van der Waals surface area (Å²) in [4.78, 5) is 12.6. The van der Waals surface area contributed by atoms with Gasteiger partial charge in [-0.05, 0) is 25.0 Å². The van der Waals surface area contributed by atoms with Crippen LogP contribution in [0.15, 0.2) is 24.3 Å². The van der Waals surface area contributed by atoms with Gasteiger partial charge < -0.3 is 15.3 Å². The molecule has 0 aliphatic carbocycles. The first-order valence-corrected chi connectivity index (χ1v) is 5.98. The quantitative estimate of drug-likeness (QED) is 0.842. The zero-order valence-electron chi connectivity index (χ0n) is 10.3. The van der Waals surface area contributed by atoms with Crippen molar-refractivity contribution < 1.29 is 14.3 Å². The Morgan fingerprint density at radius 1 is 1.56 bits per heavy atom. The molecule has 0 aromatic heterocycles. The van der Waals surface area contributed by atoms with Gasteiger partial charge >= 0.3 is 6.09 Å². The Bertz CT molecular complexity index is 452. The van der Waals surface area contributed by atoms with Crippen LogP contribution in [0, 0.1) is 5.82 Å². The smallest absolute Gasteiger partial charge is 0.407 e. The number of nitrogens with one attached hydrogen (secondary N) is 1. The predicted molar refractivity (Wildman–Crippen MR) is 66.1 cm³/mol. The van der Waals surface area contributed by atoms with E-state index < -0.39 is 11.6 Å². The van der Waals surface area contributed by atoms with E-state index in [1.54, 1.807) is 18.2 Å². The fourth-order valence-corrected chi connectivity index (χ4v) is 2.45. The fraction of sp³-hybridized carbons (Fsp3) is 0.462. The van der Waals surface area contributed by atoms with Gasteiger partial charge in [0, 0.05) is 19.6 Å². The number of piperazine rings is 1. The summed E-state index contributed by atoms with van der Waals surface area (Å²) >= 11 is 0. The van der Waals surface area contributed by atoms with Gasteiger partial charge in [0.05, 0.1) is 5.54 Å². The highest BCUT2D eigenvalue weighted by Gasteiger charge is 2.38. The van der Waals surface area contributed by atoms with Crippen molar-refractivity contribution in [2.45, 2.75) is 18.9 Å². The predicted octanol–water partition coefficient (Wildman–Crippen LogP) is 1.71. The number of halogens is 1. The standard InChI is InChI=1S/C13H17FN2O2/c1-13(8-10-4-2-3-5-11(10)14)9-15-6-7-16(13)12(17)18/h2-5,15H,6-9H2,1H3,(H,17,18)/t13-/m1/s1. The van der Waals surface area contributed by atoms with Crippen molar-refractivity contribution in [3.8, 4) is 0 Å². The molecule has 1 atom stereocenters.